The Morgan fingerprint density at radius 3 is 2.70 bits per heavy atom. The number of hydrogen-bond donors (Lipinski definition) is 2. The molecular weight excluding hydrogens is 289 g/mol. The van der Waals surface area contributed by atoms with Gasteiger partial charge >= 0.3 is 0 Å². The molecule has 0 spiro atoms. The van der Waals surface area contributed by atoms with Gasteiger partial charge in [0.2, 0.25) is 10.0 Å². The fourth-order valence-electron chi connectivity index (χ4n) is 1.42. The monoisotopic (exact) mass is 307 g/mol. The summed E-state index contributed by atoms with van der Waals surface area (Å²) in [6, 6.07) is 3.25. The summed E-state index contributed by atoms with van der Waals surface area (Å²) in [5.74, 6) is -0.644. The lowest BCUT2D eigenvalue weighted by Gasteiger charge is -2.08. The Balaban J connectivity index is 2.56. The Labute approximate surface area is 117 Å². The molecule has 0 saturated heterocycles. The number of methoxy groups -OCH3 is 1. The van der Waals surface area contributed by atoms with Crippen molar-refractivity contribution < 1.29 is 27.4 Å². The Morgan fingerprint density at radius 2 is 2.05 bits per heavy atom. The molecule has 0 atom stereocenters. The van der Waals surface area contributed by atoms with Gasteiger partial charge in [-0.3, -0.25) is 0 Å². The summed E-state index contributed by atoms with van der Waals surface area (Å²) in [6.45, 7) is 0.553. The van der Waals surface area contributed by atoms with E-state index in [0.717, 1.165) is 18.2 Å². The molecule has 0 bridgehead atoms. The number of hydrogen-bond acceptors (Lipinski definition) is 5. The van der Waals surface area contributed by atoms with Crippen molar-refractivity contribution in [2.75, 3.05) is 33.5 Å². The van der Waals surface area contributed by atoms with Crippen LogP contribution in [0.1, 0.15) is 5.56 Å². The van der Waals surface area contributed by atoms with E-state index in [1.165, 1.54) is 0 Å². The van der Waals surface area contributed by atoms with Gasteiger partial charge < -0.3 is 14.6 Å². The maximum Gasteiger partial charge on any atom is 0.240 e. The van der Waals surface area contributed by atoms with Crippen LogP contribution in [0.25, 0.3) is 0 Å². The molecule has 0 unspecified atom stereocenters. The number of nitrogens with one attached hydrogen (secondary N) is 1. The number of sulfonamides is 1. The number of benzene rings is 1. The van der Waals surface area contributed by atoms with Gasteiger partial charge in [-0.15, -0.1) is 0 Å². The van der Waals surface area contributed by atoms with Crippen LogP contribution in [0.5, 0.6) is 0 Å². The third-order valence-corrected chi connectivity index (χ3v) is 3.93. The predicted octanol–water partition coefficient (Wildman–Crippen LogP) is 0.259. The summed E-state index contributed by atoms with van der Waals surface area (Å²) in [5, 5.41) is 8.92. The lowest BCUT2D eigenvalue weighted by Crippen LogP contribution is -2.28. The highest BCUT2D eigenvalue weighted by molar-refractivity contribution is 7.89. The molecule has 1 aromatic rings. The molecule has 0 fully saturated rings. The van der Waals surface area contributed by atoms with Crippen molar-refractivity contribution in [1.29, 1.82) is 0 Å². The SMILES string of the molecule is COCCOCCNS(=O)(=O)c1ccc(F)c(CO)c1. The minimum absolute atomic E-state index is 0.0655. The zero-order chi connectivity index (χ0) is 15.0. The standard InChI is InChI=1S/C12H18FNO5S/c1-18-6-7-19-5-4-14-20(16,17)11-2-3-12(13)10(8-11)9-15/h2-3,8,14-15H,4-7,9H2,1H3. The summed E-state index contributed by atoms with van der Waals surface area (Å²) in [5.41, 5.74) is -0.0655. The van der Waals surface area contributed by atoms with Gasteiger partial charge in [0.25, 0.3) is 0 Å². The van der Waals surface area contributed by atoms with E-state index in [1.807, 2.05) is 0 Å². The molecule has 8 heteroatoms. The second-order valence-electron chi connectivity index (χ2n) is 3.91. The van der Waals surface area contributed by atoms with Gasteiger partial charge in [0.1, 0.15) is 5.82 Å². The Morgan fingerprint density at radius 1 is 1.30 bits per heavy atom. The summed E-state index contributed by atoms with van der Waals surface area (Å²) < 4.78 is 49.2. The quantitative estimate of drug-likeness (QED) is 0.639. The lowest BCUT2D eigenvalue weighted by atomic mass is 10.2. The first-order valence-corrected chi connectivity index (χ1v) is 7.45. The molecule has 6 nitrogen and oxygen atoms in total. The number of aliphatic hydroxyl groups is 1. The Kier molecular flexibility index (Phi) is 7.03. The second kappa shape index (κ2) is 8.28. The molecule has 0 saturated carbocycles. The van der Waals surface area contributed by atoms with Gasteiger partial charge in [0, 0.05) is 19.2 Å². The number of ether oxygens (including phenoxy) is 2. The van der Waals surface area contributed by atoms with Crippen molar-refractivity contribution in [2.45, 2.75) is 11.5 Å². The number of aliphatic hydroxyl groups excluding tert-OH is 1. The van der Waals surface area contributed by atoms with Crippen molar-refractivity contribution >= 4 is 10.0 Å². The van der Waals surface area contributed by atoms with Crippen LogP contribution in [-0.4, -0.2) is 47.0 Å². The van der Waals surface area contributed by atoms with E-state index < -0.39 is 22.4 Å². The zero-order valence-electron chi connectivity index (χ0n) is 11.1. The van der Waals surface area contributed by atoms with Crippen LogP contribution in [0.2, 0.25) is 0 Å². The van der Waals surface area contributed by atoms with Crippen LogP contribution < -0.4 is 4.72 Å². The molecule has 0 amide bonds. The summed E-state index contributed by atoms with van der Waals surface area (Å²) in [7, 11) is -2.20. The fraction of sp³-hybridized carbons (Fsp3) is 0.500. The molecule has 2 N–H and O–H groups in total. The van der Waals surface area contributed by atoms with Gasteiger partial charge in [-0.05, 0) is 18.2 Å². The highest BCUT2D eigenvalue weighted by atomic mass is 32.2. The van der Waals surface area contributed by atoms with E-state index in [0.29, 0.717) is 13.2 Å². The predicted molar refractivity (Wildman–Crippen MR) is 70.2 cm³/mol. The first-order valence-electron chi connectivity index (χ1n) is 5.97. The zero-order valence-corrected chi connectivity index (χ0v) is 12.0. The van der Waals surface area contributed by atoms with E-state index >= 15 is 0 Å². The van der Waals surface area contributed by atoms with Crippen LogP contribution in [-0.2, 0) is 26.1 Å². The molecule has 114 valence electrons. The van der Waals surface area contributed by atoms with Crippen molar-refractivity contribution in [2.24, 2.45) is 0 Å². The minimum atomic E-state index is -3.74. The largest absolute Gasteiger partial charge is 0.392 e. The average molecular weight is 307 g/mol. The molecule has 0 aliphatic heterocycles. The molecule has 0 aliphatic carbocycles. The van der Waals surface area contributed by atoms with Crippen LogP contribution in [0.15, 0.2) is 23.1 Å². The Hall–Kier alpha value is -1.06. The second-order valence-corrected chi connectivity index (χ2v) is 5.68. The normalized spacial score (nSPS) is 11.8. The van der Waals surface area contributed by atoms with Gasteiger partial charge in [-0.2, -0.15) is 0 Å². The van der Waals surface area contributed by atoms with E-state index in [9.17, 15) is 12.8 Å². The van der Waals surface area contributed by atoms with Crippen LogP contribution in [0.4, 0.5) is 4.39 Å². The van der Waals surface area contributed by atoms with E-state index in [2.05, 4.69) is 4.72 Å². The van der Waals surface area contributed by atoms with E-state index in [4.69, 9.17) is 14.6 Å². The van der Waals surface area contributed by atoms with Gasteiger partial charge in [-0.1, -0.05) is 0 Å². The summed E-state index contributed by atoms with van der Waals surface area (Å²) in [4.78, 5) is -0.0974. The third kappa shape index (κ3) is 5.14. The Bertz CT molecular complexity index is 521. The van der Waals surface area contributed by atoms with Crippen molar-refractivity contribution in [3.8, 4) is 0 Å². The minimum Gasteiger partial charge on any atom is -0.392 e. The third-order valence-electron chi connectivity index (χ3n) is 2.47. The lowest BCUT2D eigenvalue weighted by molar-refractivity contribution is 0.0736. The topological polar surface area (TPSA) is 84.9 Å². The fourth-order valence-corrected chi connectivity index (χ4v) is 2.48. The van der Waals surface area contributed by atoms with Crippen LogP contribution >= 0.6 is 0 Å². The molecule has 1 aromatic carbocycles. The van der Waals surface area contributed by atoms with Gasteiger partial charge in [0.05, 0.1) is 31.3 Å². The van der Waals surface area contributed by atoms with E-state index in [-0.39, 0.29) is 23.6 Å². The highest BCUT2D eigenvalue weighted by Gasteiger charge is 2.15. The van der Waals surface area contributed by atoms with Crippen LogP contribution in [0.3, 0.4) is 0 Å². The summed E-state index contributed by atoms with van der Waals surface area (Å²) in [6.07, 6.45) is 0. The van der Waals surface area contributed by atoms with Crippen molar-refractivity contribution in [1.82, 2.24) is 4.72 Å². The number of halogens is 1. The van der Waals surface area contributed by atoms with Gasteiger partial charge in [-0.25, -0.2) is 17.5 Å². The maximum absolute atomic E-state index is 13.2. The number of rotatable bonds is 9. The first kappa shape index (κ1) is 17.0. The summed E-state index contributed by atoms with van der Waals surface area (Å²) >= 11 is 0. The molecule has 1 rings (SSSR count). The molecule has 0 heterocycles. The molecule has 20 heavy (non-hydrogen) atoms. The molecule has 0 aliphatic rings. The van der Waals surface area contributed by atoms with Crippen LogP contribution in [0, 0.1) is 5.82 Å². The highest BCUT2D eigenvalue weighted by Crippen LogP contribution is 2.14. The molecule has 0 aromatic heterocycles. The molecular formula is C12H18FNO5S. The maximum atomic E-state index is 13.2. The van der Waals surface area contributed by atoms with Crippen molar-refractivity contribution in [3.63, 3.8) is 0 Å². The average Bonchev–Trinajstić information content (AvgIpc) is 2.43. The molecule has 0 radical (unpaired) electrons. The van der Waals surface area contributed by atoms with Gasteiger partial charge in [0.15, 0.2) is 0 Å². The van der Waals surface area contributed by atoms with E-state index in [1.54, 1.807) is 7.11 Å². The van der Waals surface area contributed by atoms with Crippen molar-refractivity contribution in [3.05, 3.63) is 29.6 Å². The first-order chi connectivity index (χ1) is 9.51. The smallest absolute Gasteiger partial charge is 0.240 e.